The number of aryl methyl sites for hydroxylation is 4. The Morgan fingerprint density at radius 3 is 1.96 bits per heavy atom. The molecular weight excluding hydrogens is 330 g/mol. The van der Waals surface area contributed by atoms with Gasteiger partial charge in [-0.05, 0) is 70.2 Å². The molecule has 2 aromatic heterocycles. The van der Waals surface area contributed by atoms with Crippen LogP contribution in [0.4, 0.5) is 0 Å². The van der Waals surface area contributed by atoms with Crippen LogP contribution in [-0.4, -0.2) is 16.4 Å². The summed E-state index contributed by atoms with van der Waals surface area (Å²) in [5.41, 5.74) is 8.91. The van der Waals surface area contributed by atoms with Crippen molar-refractivity contribution in [2.45, 2.75) is 27.7 Å². The molecule has 0 aliphatic carbocycles. The van der Waals surface area contributed by atoms with Gasteiger partial charge in [-0.3, -0.25) is 20.4 Å². The van der Waals surface area contributed by atoms with Gasteiger partial charge in [0.25, 0.3) is 11.8 Å². The number of furan rings is 1. The number of nitrogens with zero attached hydrogens (tertiary/aromatic N) is 1. The fourth-order valence-corrected chi connectivity index (χ4v) is 2.95. The first kappa shape index (κ1) is 17.5. The molecule has 1 aromatic carbocycles. The van der Waals surface area contributed by atoms with Crippen molar-refractivity contribution < 1.29 is 14.0 Å². The van der Waals surface area contributed by atoms with Crippen LogP contribution in [0, 0.1) is 27.7 Å². The lowest BCUT2D eigenvalue weighted by atomic mass is 10.2. The third kappa shape index (κ3) is 3.39. The normalized spacial score (nSPS) is 10.6. The molecule has 0 atom stereocenters. The molecule has 0 saturated carbocycles. The number of aromatic nitrogens is 1. The minimum Gasteiger partial charge on any atom is -0.466 e. The molecule has 26 heavy (non-hydrogen) atoms. The van der Waals surface area contributed by atoms with Crippen molar-refractivity contribution in [2.24, 2.45) is 0 Å². The molecule has 2 heterocycles. The van der Waals surface area contributed by atoms with Crippen molar-refractivity contribution in [3.05, 3.63) is 76.5 Å². The summed E-state index contributed by atoms with van der Waals surface area (Å²) in [6, 6.07) is 12.9. The van der Waals surface area contributed by atoms with Gasteiger partial charge in [-0.2, -0.15) is 0 Å². The SMILES string of the molecule is Cc1cc(C(=O)NNC(=O)c2ccc(-n3c(C)ccc3C)cc2)c(C)o1. The second kappa shape index (κ2) is 6.92. The van der Waals surface area contributed by atoms with E-state index in [1.165, 1.54) is 0 Å². The van der Waals surface area contributed by atoms with Gasteiger partial charge in [-0.15, -0.1) is 0 Å². The summed E-state index contributed by atoms with van der Waals surface area (Å²) < 4.78 is 7.42. The minimum atomic E-state index is -0.414. The molecule has 0 aliphatic rings. The number of hydrogen-bond acceptors (Lipinski definition) is 3. The Hall–Kier alpha value is -3.28. The number of carbonyl (C=O) groups is 2. The summed E-state index contributed by atoms with van der Waals surface area (Å²) in [6.07, 6.45) is 0. The van der Waals surface area contributed by atoms with Crippen LogP contribution in [0.25, 0.3) is 5.69 Å². The summed E-state index contributed by atoms with van der Waals surface area (Å²) >= 11 is 0. The monoisotopic (exact) mass is 351 g/mol. The highest BCUT2D eigenvalue weighted by Gasteiger charge is 2.15. The quantitative estimate of drug-likeness (QED) is 0.710. The maximum atomic E-state index is 12.2. The number of carbonyl (C=O) groups excluding carboxylic acids is 2. The Kier molecular flexibility index (Phi) is 4.67. The van der Waals surface area contributed by atoms with Crippen molar-refractivity contribution in [1.82, 2.24) is 15.4 Å². The molecule has 134 valence electrons. The van der Waals surface area contributed by atoms with Crippen LogP contribution in [-0.2, 0) is 0 Å². The van der Waals surface area contributed by atoms with E-state index in [0.717, 1.165) is 17.1 Å². The van der Waals surface area contributed by atoms with Gasteiger partial charge < -0.3 is 8.98 Å². The van der Waals surface area contributed by atoms with E-state index in [9.17, 15) is 9.59 Å². The molecule has 0 spiro atoms. The topological polar surface area (TPSA) is 76.3 Å². The lowest BCUT2D eigenvalue weighted by Crippen LogP contribution is -2.41. The number of rotatable bonds is 3. The molecule has 3 rings (SSSR count). The van der Waals surface area contributed by atoms with Gasteiger partial charge in [0, 0.05) is 22.6 Å². The highest BCUT2D eigenvalue weighted by molar-refractivity contribution is 5.99. The fourth-order valence-electron chi connectivity index (χ4n) is 2.95. The predicted molar refractivity (Wildman–Crippen MR) is 98.4 cm³/mol. The highest BCUT2D eigenvalue weighted by Crippen LogP contribution is 2.17. The second-order valence-electron chi connectivity index (χ2n) is 6.23. The smallest absolute Gasteiger partial charge is 0.273 e. The second-order valence-corrected chi connectivity index (χ2v) is 6.23. The number of hydrogen-bond donors (Lipinski definition) is 2. The van der Waals surface area contributed by atoms with E-state index in [0.29, 0.717) is 22.6 Å². The summed E-state index contributed by atoms with van der Waals surface area (Å²) in [5.74, 6) is 0.354. The van der Waals surface area contributed by atoms with E-state index < -0.39 is 5.91 Å². The van der Waals surface area contributed by atoms with Crippen molar-refractivity contribution in [1.29, 1.82) is 0 Å². The lowest BCUT2D eigenvalue weighted by Gasteiger charge is -2.11. The standard InChI is InChI=1S/C20H21N3O3/c1-12-5-6-13(2)23(12)17-9-7-16(8-10-17)19(24)21-22-20(25)18-11-14(3)26-15(18)4/h5-11H,1-4H3,(H,21,24)(H,22,25). The van der Waals surface area contributed by atoms with Gasteiger partial charge in [-0.1, -0.05) is 0 Å². The van der Waals surface area contributed by atoms with Gasteiger partial charge >= 0.3 is 0 Å². The Bertz CT molecular complexity index is 945. The molecule has 0 saturated heterocycles. The average molecular weight is 351 g/mol. The van der Waals surface area contributed by atoms with Crippen molar-refractivity contribution in [3.8, 4) is 5.69 Å². The Morgan fingerprint density at radius 2 is 1.42 bits per heavy atom. The molecule has 0 bridgehead atoms. The zero-order valence-corrected chi connectivity index (χ0v) is 15.2. The van der Waals surface area contributed by atoms with Gasteiger partial charge in [0.05, 0.1) is 5.56 Å². The average Bonchev–Trinajstić information content (AvgIpc) is 3.13. The lowest BCUT2D eigenvalue weighted by molar-refractivity contribution is 0.0845. The van der Waals surface area contributed by atoms with E-state index in [-0.39, 0.29) is 5.91 Å². The summed E-state index contributed by atoms with van der Waals surface area (Å²) in [4.78, 5) is 24.4. The first-order chi connectivity index (χ1) is 12.4. The van der Waals surface area contributed by atoms with Crippen LogP contribution in [0.2, 0.25) is 0 Å². The van der Waals surface area contributed by atoms with Crippen LogP contribution in [0.15, 0.2) is 46.9 Å². The minimum absolute atomic E-state index is 0.385. The van der Waals surface area contributed by atoms with Gasteiger partial charge in [0.2, 0.25) is 0 Å². The maximum absolute atomic E-state index is 12.2. The number of benzene rings is 1. The molecule has 6 nitrogen and oxygen atoms in total. The first-order valence-electron chi connectivity index (χ1n) is 8.30. The van der Waals surface area contributed by atoms with E-state index in [2.05, 4.69) is 15.4 Å². The molecule has 6 heteroatoms. The van der Waals surface area contributed by atoms with Crippen LogP contribution in [0.3, 0.4) is 0 Å². The summed E-state index contributed by atoms with van der Waals surface area (Å²) in [7, 11) is 0. The third-order valence-electron chi connectivity index (χ3n) is 4.23. The molecule has 2 amide bonds. The van der Waals surface area contributed by atoms with Gasteiger partial charge in [-0.25, -0.2) is 0 Å². The maximum Gasteiger partial charge on any atom is 0.273 e. The van der Waals surface area contributed by atoms with Gasteiger partial charge in [0.15, 0.2) is 0 Å². The molecule has 2 N–H and O–H groups in total. The molecule has 0 fully saturated rings. The highest BCUT2D eigenvalue weighted by atomic mass is 16.3. The van der Waals surface area contributed by atoms with Gasteiger partial charge in [0.1, 0.15) is 11.5 Å². The number of hydrazine groups is 1. The fraction of sp³-hybridized carbons (Fsp3) is 0.200. The van der Waals surface area contributed by atoms with E-state index in [1.54, 1.807) is 32.0 Å². The Labute approximate surface area is 151 Å². The van der Waals surface area contributed by atoms with Crippen molar-refractivity contribution >= 4 is 11.8 Å². The van der Waals surface area contributed by atoms with Crippen LogP contribution in [0.5, 0.6) is 0 Å². The summed E-state index contributed by atoms with van der Waals surface area (Å²) in [5, 5.41) is 0. The van der Waals surface area contributed by atoms with Crippen LogP contribution >= 0.6 is 0 Å². The third-order valence-corrected chi connectivity index (χ3v) is 4.23. The molecule has 0 unspecified atom stereocenters. The Balaban J connectivity index is 1.67. The molecular formula is C20H21N3O3. The number of amides is 2. The van der Waals surface area contributed by atoms with Crippen molar-refractivity contribution in [3.63, 3.8) is 0 Å². The first-order valence-corrected chi connectivity index (χ1v) is 8.30. The summed E-state index contributed by atoms with van der Waals surface area (Å²) in [6.45, 7) is 7.53. The molecule has 0 aliphatic heterocycles. The van der Waals surface area contributed by atoms with Crippen LogP contribution in [0.1, 0.15) is 43.6 Å². The molecule has 3 aromatic rings. The zero-order valence-electron chi connectivity index (χ0n) is 15.2. The van der Waals surface area contributed by atoms with E-state index in [1.807, 2.05) is 38.1 Å². The van der Waals surface area contributed by atoms with E-state index >= 15 is 0 Å². The Morgan fingerprint density at radius 1 is 0.846 bits per heavy atom. The zero-order chi connectivity index (χ0) is 18.8. The number of nitrogens with one attached hydrogen (secondary N) is 2. The van der Waals surface area contributed by atoms with Crippen LogP contribution < -0.4 is 10.9 Å². The largest absolute Gasteiger partial charge is 0.466 e. The van der Waals surface area contributed by atoms with Crippen molar-refractivity contribution in [2.75, 3.05) is 0 Å². The van der Waals surface area contributed by atoms with E-state index in [4.69, 9.17) is 4.42 Å². The molecule has 0 radical (unpaired) electrons. The predicted octanol–water partition coefficient (Wildman–Crippen LogP) is 3.38.